The maximum Gasteiger partial charge on any atom is 0.314 e. The molecule has 0 radical (unpaired) electrons. The Kier molecular flexibility index (Phi) is 3.64. The topological polar surface area (TPSA) is 61.2 Å². The zero-order valence-electron chi connectivity index (χ0n) is 11.2. The molecule has 2 aromatic rings. The SMILES string of the molecule is CCOC(=O)[C@H](C)c1nn(C)c(=O)c2ccccc12. The van der Waals surface area contributed by atoms with Crippen molar-refractivity contribution in [3.8, 4) is 0 Å². The van der Waals surface area contributed by atoms with Crippen molar-refractivity contribution in [1.82, 2.24) is 9.78 Å². The summed E-state index contributed by atoms with van der Waals surface area (Å²) in [5.41, 5.74) is 0.395. The molecule has 0 bridgehead atoms. The van der Waals surface area contributed by atoms with E-state index in [4.69, 9.17) is 4.74 Å². The van der Waals surface area contributed by atoms with Crippen LogP contribution in [0.1, 0.15) is 25.5 Å². The van der Waals surface area contributed by atoms with Gasteiger partial charge < -0.3 is 4.74 Å². The average molecular weight is 260 g/mol. The van der Waals surface area contributed by atoms with Gasteiger partial charge in [0, 0.05) is 12.4 Å². The van der Waals surface area contributed by atoms with Crippen LogP contribution in [-0.4, -0.2) is 22.4 Å². The Morgan fingerprint density at radius 2 is 2.00 bits per heavy atom. The first-order chi connectivity index (χ1) is 9.06. The highest BCUT2D eigenvalue weighted by Crippen LogP contribution is 2.22. The normalized spacial score (nSPS) is 12.4. The van der Waals surface area contributed by atoms with Gasteiger partial charge in [0.2, 0.25) is 0 Å². The van der Waals surface area contributed by atoms with Gasteiger partial charge in [0.05, 0.1) is 23.6 Å². The fraction of sp³-hybridized carbons (Fsp3) is 0.357. The summed E-state index contributed by atoms with van der Waals surface area (Å²) in [6.07, 6.45) is 0. The van der Waals surface area contributed by atoms with Crippen LogP contribution in [0.2, 0.25) is 0 Å². The van der Waals surface area contributed by atoms with Crippen LogP contribution in [-0.2, 0) is 16.6 Å². The first-order valence-corrected chi connectivity index (χ1v) is 6.18. The molecule has 100 valence electrons. The number of aryl methyl sites for hydroxylation is 1. The number of carbonyl (C=O) groups is 1. The summed E-state index contributed by atoms with van der Waals surface area (Å²) in [4.78, 5) is 23.8. The molecule has 1 heterocycles. The third kappa shape index (κ3) is 2.36. The highest BCUT2D eigenvalue weighted by molar-refractivity contribution is 5.89. The van der Waals surface area contributed by atoms with Crippen LogP contribution in [0.25, 0.3) is 10.8 Å². The van der Waals surface area contributed by atoms with Crippen LogP contribution >= 0.6 is 0 Å². The van der Waals surface area contributed by atoms with Gasteiger partial charge in [-0.1, -0.05) is 18.2 Å². The molecule has 0 aliphatic heterocycles. The molecule has 0 aliphatic carbocycles. The average Bonchev–Trinajstić information content (AvgIpc) is 2.42. The lowest BCUT2D eigenvalue weighted by atomic mass is 10.0. The highest BCUT2D eigenvalue weighted by atomic mass is 16.5. The molecule has 1 atom stereocenters. The van der Waals surface area contributed by atoms with E-state index in [-0.39, 0.29) is 11.5 Å². The zero-order valence-corrected chi connectivity index (χ0v) is 11.2. The molecule has 5 nitrogen and oxygen atoms in total. The first-order valence-electron chi connectivity index (χ1n) is 6.18. The molecule has 1 aromatic carbocycles. The Morgan fingerprint density at radius 3 is 2.63 bits per heavy atom. The van der Waals surface area contributed by atoms with Crippen LogP contribution in [0, 0.1) is 0 Å². The first kappa shape index (κ1) is 13.3. The van der Waals surface area contributed by atoms with E-state index >= 15 is 0 Å². The minimum atomic E-state index is -0.503. The molecule has 0 spiro atoms. The Hall–Kier alpha value is -2.17. The number of carbonyl (C=O) groups excluding carboxylic acids is 1. The van der Waals surface area contributed by atoms with Crippen LogP contribution < -0.4 is 5.56 Å². The van der Waals surface area contributed by atoms with E-state index in [0.29, 0.717) is 23.1 Å². The van der Waals surface area contributed by atoms with Crippen molar-refractivity contribution in [2.45, 2.75) is 19.8 Å². The molecule has 0 saturated heterocycles. The number of hydrogen-bond acceptors (Lipinski definition) is 4. The molecule has 0 amide bonds. The summed E-state index contributed by atoms with van der Waals surface area (Å²) < 4.78 is 6.27. The fourth-order valence-corrected chi connectivity index (χ4v) is 2.03. The molecule has 0 saturated carbocycles. The largest absolute Gasteiger partial charge is 0.465 e. The van der Waals surface area contributed by atoms with Crippen molar-refractivity contribution in [3.63, 3.8) is 0 Å². The Labute approximate surface area is 110 Å². The maximum absolute atomic E-state index is 12.0. The molecule has 0 unspecified atom stereocenters. The molecule has 19 heavy (non-hydrogen) atoms. The molecular weight excluding hydrogens is 244 g/mol. The van der Waals surface area contributed by atoms with E-state index in [1.54, 1.807) is 39.1 Å². The predicted molar refractivity (Wildman–Crippen MR) is 72.0 cm³/mol. The van der Waals surface area contributed by atoms with Gasteiger partial charge in [-0.2, -0.15) is 5.10 Å². The van der Waals surface area contributed by atoms with Crippen molar-refractivity contribution in [2.24, 2.45) is 7.05 Å². The molecule has 5 heteroatoms. The van der Waals surface area contributed by atoms with E-state index in [1.165, 1.54) is 4.68 Å². The van der Waals surface area contributed by atoms with Crippen LogP contribution in [0.15, 0.2) is 29.1 Å². The molecular formula is C14H16N2O3. The summed E-state index contributed by atoms with van der Waals surface area (Å²) >= 11 is 0. The summed E-state index contributed by atoms with van der Waals surface area (Å²) in [5.74, 6) is -0.838. The molecule has 2 rings (SSSR count). The summed E-state index contributed by atoms with van der Waals surface area (Å²) in [5, 5.41) is 5.47. The number of nitrogens with zero attached hydrogens (tertiary/aromatic N) is 2. The van der Waals surface area contributed by atoms with Gasteiger partial charge in [-0.25, -0.2) is 4.68 Å². The van der Waals surface area contributed by atoms with Crippen molar-refractivity contribution in [1.29, 1.82) is 0 Å². The minimum absolute atomic E-state index is 0.171. The molecule has 0 N–H and O–H groups in total. The van der Waals surface area contributed by atoms with Gasteiger partial charge in [0.1, 0.15) is 0 Å². The number of esters is 1. The second-order valence-electron chi connectivity index (χ2n) is 4.33. The van der Waals surface area contributed by atoms with Crippen molar-refractivity contribution >= 4 is 16.7 Å². The number of benzene rings is 1. The number of aromatic nitrogens is 2. The van der Waals surface area contributed by atoms with Gasteiger partial charge in [0.25, 0.3) is 5.56 Å². The van der Waals surface area contributed by atoms with E-state index in [1.807, 2.05) is 6.07 Å². The predicted octanol–water partition coefficient (Wildman–Crippen LogP) is 1.60. The van der Waals surface area contributed by atoms with Crippen molar-refractivity contribution in [3.05, 3.63) is 40.3 Å². The van der Waals surface area contributed by atoms with Gasteiger partial charge in [0.15, 0.2) is 0 Å². The zero-order chi connectivity index (χ0) is 14.0. The maximum atomic E-state index is 12.0. The highest BCUT2D eigenvalue weighted by Gasteiger charge is 2.22. The number of fused-ring (bicyclic) bond motifs is 1. The minimum Gasteiger partial charge on any atom is -0.465 e. The van der Waals surface area contributed by atoms with Crippen LogP contribution in [0.5, 0.6) is 0 Å². The monoisotopic (exact) mass is 260 g/mol. The van der Waals surface area contributed by atoms with Gasteiger partial charge in [-0.3, -0.25) is 9.59 Å². The van der Waals surface area contributed by atoms with Crippen LogP contribution in [0.4, 0.5) is 0 Å². The lowest BCUT2D eigenvalue weighted by molar-refractivity contribution is -0.144. The van der Waals surface area contributed by atoms with E-state index in [0.717, 1.165) is 0 Å². The Morgan fingerprint density at radius 1 is 1.37 bits per heavy atom. The second-order valence-corrected chi connectivity index (χ2v) is 4.33. The smallest absolute Gasteiger partial charge is 0.314 e. The third-order valence-electron chi connectivity index (χ3n) is 3.04. The number of hydrogen-bond donors (Lipinski definition) is 0. The number of ether oxygens (including phenoxy) is 1. The molecule has 1 aromatic heterocycles. The Bertz CT molecular complexity index is 676. The third-order valence-corrected chi connectivity index (χ3v) is 3.04. The van der Waals surface area contributed by atoms with Crippen molar-refractivity contribution in [2.75, 3.05) is 6.61 Å². The fourth-order valence-electron chi connectivity index (χ4n) is 2.03. The van der Waals surface area contributed by atoms with Gasteiger partial charge in [-0.15, -0.1) is 0 Å². The summed E-state index contributed by atoms with van der Waals surface area (Å²) in [6, 6.07) is 7.16. The quantitative estimate of drug-likeness (QED) is 0.786. The standard InChI is InChI=1S/C14H16N2O3/c1-4-19-14(18)9(2)12-10-7-5-6-8-11(10)13(17)16(3)15-12/h5-9H,4H2,1-3H3/t9-/m1/s1. The summed E-state index contributed by atoms with van der Waals surface area (Å²) in [6.45, 7) is 3.82. The number of rotatable bonds is 3. The van der Waals surface area contributed by atoms with E-state index in [2.05, 4.69) is 5.10 Å². The summed E-state index contributed by atoms with van der Waals surface area (Å²) in [7, 11) is 1.58. The lowest BCUT2D eigenvalue weighted by Crippen LogP contribution is -2.24. The van der Waals surface area contributed by atoms with Crippen molar-refractivity contribution < 1.29 is 9.53 Å². The van der Waals surface area contributed by atoms with Gasteiger partial charge in [-0.05, 0) is 19.9 Å². The van der Waals surface area contributed by atoms with Gasteiger partial charge >= 0.3 is 5.97 Å². The van der Waals surface area contributed by atoms with E-state index < -0.39 is 5.92 Å². The second kappa shape index (κ2) is 5.22. The Balaban J connectivity index is 2.64. The van der Waals surface area contributed by atoms with E-state index in [9.17, 15) is 9.59 Å². The van der Waals surface area contributed by atoms with Crippen LogP contribution in [0.3, 0.4) is 0 Å². The molecule has 0 fully saturated rings. The molecule has 0 aliphatic rings. The lowest BCUT2D eigenvalue weighted by Gasteiger charge is -2.13.